The van der Waals surface area contributed by atoms with Crippen molar-refractivity contribution in [3.63, 3.8) is 0 Å². The second-order valence-corrected chi connectivity index (χ2v) is 36.2. The van der Waals surface area contributed by atoms with E-state index in [1.807, 2.05) is 151 Å². The Balaban J connectivity index is 1.45. The monoisotopic (exact) mass is 1740 g/mol. The van der Waals surface area contributed by atoms with Gasteiger partial charge in [0.15, 0.2) is 20.4 Å². The summed E-state index contributed by atoms with van der Waals surface area (Å²) < 4.78 is 104. The lowest BCUT2D eigenvalue weighted by Gasteiger charge is -2.33. The van der Waals surface area contributed by atoms with E-state index < -0.39 is 59.5 Å². The molecule has 22 nitrogen and oxygen atoms in total. The van der Waals surface area contributed by atoms with E-state index in [1.54, 1.807) is 102 Å². The maximum absolute atomic E-state index is 16.0. The fourth-order valence-corrected chi connectivity index (χ4v) is 16.8. The molecule has 0 aliphatic rings. The fraction of sp³-hybridized carbons (Fsp3) is 0.483. The number of methoxy groups -OCH3 is 3. The number of carbonyl (C=O) groups excluding carboxylic acids is 3. The Hall–Kier alpha value is -7.42. The number of phosphoric ester groups is 1. The van der Waals surface area contributed by atoms with Crippen molar-refractivity contribution in [2.75, 3.05) is 61.5 Å². The number of phosphoric acid groups is 1. The number of hydrogen-bond donors (Lipinski definition) is 3. The molecule has 0 bridgehead atoms. The van der Waals surface area contributed by atoms with Gasteiger partial charge in [-0.2, -0.15) is 4.57 Å². The van der Waals surface area contributed by atoms with Gasteiger partial charge in [0.25, 0.3) is 0 Å². The van der Waals surface area contributed by atoms with Gasteiger partial charge in [-0.25, -0.2) is 14.4 Å². The van der Waals surface area contributed by atoms with E-state index in [0.29, 0.717) is 127 Å². The first kappa shape index (κ1) is 97.4. The van der Waals surface area contributed by atoms with Crippen molar-refractivity contribution in [3.8, 4) is 34.5 Å². The lowest BCUT2D eigenvalue weighted by atomic mass is 9.87. The van der Waals surface area contributed by atoms with E-state index in [1.165, 1.54) is 54.1 Å². The van der Waals surface area contributed by atoms with Gasteiger partial charge in [-0.3, -0.25) is 0 Å². The second kappa shape index (κ2) is 47.4. The highest BCUT2D eigenvalue weighted by atomic mass is 35.5. The molecule has 0 fully saturated rings. The first-order chi connectivity index (χ1) is 55.1. The highest BCUT2D eigenvalue weighted by Gasteiger charge is 2.38. The van der Waals surface area contributed by atoms with Crippen molar-refractivity contribution < 1.29 is 89.4 Å². The summed E-state index contributed by atoms with van der Waals surface area (Å²) in [4.78, 5) is 47.3. The Bertz CT molecular complexity index is 3850. The van der Waals surface area contributed by atoms with Crippen LogP contribution in [0.4, 0.5) is 14.4 Å². The third kappa shape index (κ3) is 33.8. The summed E-state index contributed by atoms with van der Waals surface area (Å²) in [7, 11) is -0.325. The number of aryl methyl sites for hydroxylation is 3. The molecule has 3 N–H and O–H groups in total. The molecule has 0 heterocycles. The van der Waals surface area contributed by atoms with Gasteiger partial charge in [-0.15, -0.1) is 0 Å². The van der Waals surface area contributed by atoms with Crippen LogP contribution in [0.1, 0.15) is 178 Å². The molecule has 0 aliphatic heterocycles. The predicted octanol–water partition coefficient (Wildman–Crippen LogP) is 24.3. The molecule has 0 spiro atoms. The first-order valence-electron chi connectivity index (χ1n) is 38.8. The Morgan fingerprint density at radius 1 is 0.379 bits per heavy atom. The van der Waals surface area contributed by atoms with Crippen LogP contribution < -0.4 is 44.4 Å². The number of hydrogen-bond acceptors (Lipinski definition) is 22. The molecule has 0 saturated carbocycles. The van der Waals surface area contributed by atoms with Gasteiger partial charge in [0.1, 0.15) is 51.3 Å². The molecule has 6 aromatic rings. The Morgan fingerprint density at radius 3 is 0.871 bits per heavy atom. The average Bonchev–Trinajstić information content (AvgIpc) is 0.829. The number of ether oxygens (including phenoxy) is 12. The van der Waals surface area contributed by atoms with Crippen LogP contribution in [0.5, 0.6) is 34.5 Å². The van der Waals surface area contributed by atoms with Crippen LogP contribution in [-0.4, -0.2) is 113 Å². The molecule has 116 heavy (non-hydrogen) atoms. The predicted molar refractivity (Wildman–Crippen MR) is 461 cm³/mol. The van der Waals surface area contributed by atoms with Crippen LogP contribution in [0.15, 0.2) is 176 Å². The van der Waals surface area contributed by atoms with Crippen LogP contribution >= 0.6 is 77.9 Å². The molecular formula is C87H117Cl3N3O19PS3. The van der Waals surface area contributed by atoms with Gasteiger partial charge in [0.2, 0.25) is 0 Å². The lowest BCUT2D eigenvalue weighted by Crippen LogP contribution is -2.49. The topological polar surface area (TPSA) is 243 Å². The molecule has 6 aromatic carbocycles. The maximum Gasteiger partial charge on any atom is 0.645 e. The Labute approximate surface area is 714 Å². The molecule has 29 heteroatoms. The normalized spacial score (nSPS) is 13.6. The van der Waals surface area contributed by atoms with Gasteiger partial charge in [-0.05, 0) is 267 Å². The van der Waals surface area contributed by atoms with Crippen molar-refractivity contribution in [3.05, 3.63) is 178 Å². The van der Waals surface area contributed by atoms with Crippen molar-refractivity contribution in [2.24, 2.45) is 0 Å². The molecule has 3 atom stereocenters. The number of alkyl carbamates (subject to hydrolysis) is 3. The number of benzene rings is 6. The summed E-state index contributed by atoms with van der Waals surface area (Å²) >= 11 is 25.9. The van der Waals surface area contributed by atoms with Crippen molar-refractivity contribution in [1.29, 1.82) is 0 Å². The zero-order valence-electron chi connectivity index (χ0n) is 70.1. The first-order valence-corrected chi connectivity index (χ1v) is 43.9. The number of rotatable bonds is 48. The molecule has 0 unspecified atom stereocenters. The summed E-state index contributed by atoms with van der Waals surface area (Å²) in [5.41, 5.74) is -4.21. The zero-order valence-corrected chi connectivity index (χ0v) is 75.8. The van der Waals surface area contributed by atoms with Gasteiger partial charge < -0.3 is 86.4 Å². The van der Waals surface area contributed by atoms with Crippen LogP contribution in [-0.2, 0) is 65.8 Å². The van der Waals surface area contributed by atoms with E-state index in [2.05, 4.69) is 16.0 Å². The summed E-state index contributed by atoms with van der Waals surface area (Å²) in [5, 5.41) is 10.8. The second-order valence-electron chi connectivity index (χ2n) is 30.1. The molecule has 638 valence electrons. The molecule has 3 amide bonds. The van der Waals surface area contributed by atoms with Crippen molar-refractivity contribution in [2.45, 2.75) is 244 Å². The van der Waals surface area contributed by atoms with E-state index in [-0.39, 0.29) is 39.6 Å². The van der Waals surface area contributed by atoms with Gasteiger partial charge in [0, 0.05) is 51.1 Å². The third-order valence-corrected chi connectivity index (χ3v) is 22.3. The summed E-state index contributed by atoms with van der Waals surface area (Å²) in [6.07, 6.45) is 10.4. The quantitative estimate of drug-likeness (QED) is 0.0139. The number of carbonyl (C=O) groups is 3. The fourth-order valence-electron chi connectivity index (χ4n) is 12.0. The average molecular weight is 1740 g/mol. The SMILES string of the molecule is CCC[C@@](/C=C/OP(=O)(O/C=C/[C@](CCC)(CCc1ccc(Sc2cc(OCC)ccc2OCOC)cc1Cl)NC(=O)OC(C)(C)C)O/C=C/[C@](CCC)(CCc1ccc(Sc2cc(OCC)ccc2OCOC)cc1Cl)NC(=O)OC(C)(C)C)(CCc1ccc(Sc2cc(OCC)ccc2OCOC)cc1Cl)NC(=O)OC(C)(C)C. The van der Waals surface area contributed by atoms with Crippen LogP contribution in [0, 0.1) is 0 Å². The van der Waals surface area contributed by atoms with E-state index in [4.69, 9.17) is 105 Å². The lowest BCUT2D eigenvalue weighted by molar-refractivity contribution is 0.0455. The minimum absolute atomic E-state index is 0.0414. The standard InChI is InChI=1S/C87H117Cl3N3O19PS3/c1-19-40-85(91-79(94)110-82(7,8)9,43-37-61-25-31-67(55-70(61)88)114-76-52-64(101-22-4)28-34-73(76)104-58-98-16)46-49-107-113(97,108-50-47-86(41-20-2,92-80(95)111-83(10,11)12)44-38-62-26-32-68(56-71(62)89)115-77-53-65(102-23-5)29-35-74(77)105-59-99-17)109-51-48-87(42-21-3,93-81(96)112-84(13,14)15)45-39-63-27-33-69(57-72(63)90)116-78-54-66(103-24-6)30-36-75(78)106-60-100-18/h25-36,46-57H,19-24,37-45,58-60H2,1-18H3,(H,91,94)(H,92,95)(H,93,96)/b49-46+,50-47+,51-48+/t85-,86-,87-/m0/s1. The van der Waals surface area contributed by atoms with Gasteiger partial charge >= 0.3 is 26.1 Å². The van der Waals surface area contributed by atoms with Gasteiger partial charge in [-0.1, -0.05) is 128 Å². The van der Waals surface area contributed by atoms with Crippen LogP contribution in [0.3, 0.4) is 0 Å². The van der Waals surface area contributed by atoms with Crippen molar-refractivity contribution >= 4 is 96.2 Å². The van der Waals surface area contributed by atoms with E-state index in [0.717, 1.165) is 46.1 Å². The summed E-state index contributed by atoms with van der Waals surface area (Å²) in [6, 6.07) is 33.9. The third-order valence-electron chi connectivity index (χ3n) is 17.0. The number of nitrogens with one attached hydrogen (secondary N) is 3. The Kier molecular flexibility index (Phi) is 39.8. The van der Waals surface area contributed by atoms with Crippen molar-refractivity contribution in [1.82, 2.24) is 16.0 Å². The van der Waals surface area contributed by atoms with E-state index >= 15 is 4.57 Å². The highest BCUT2D eigenvalue weighted by Crippen LogP contribution is 2.52. The summed E-state index contributed by atoms with van der Waals surface area (Å²) in [6.45, 7) is 29.0. The number of halogens is 3. The smallest absolute Gasteiger partial charge is 0.494 e. The molecule has 0 aliphatic carbocycles. The van der Waals surface area contributed by atoms with Gasteiger partial charge in [0.05, 0.1) is 69.9 Å². The molecule has 0 saturated heterocycles. The Morgan fingerprint density at radius 2 is 0.647 bits per heavy atom. The van der Waals surface area contributed by atoms with E-state index in [9.17, 15) is 14.4 Å². The van der Waals surface area contributed by atoms with Crippen LogP contribution in [0.2, 0.25) is 15.1 Å². The highest BCUT2D eigenvalue weighted by molar-refractivity contribution is 8.00. The molecule has 0 aromatic heterocycles. The molecule has 0 radical (unpaired) electrons. The minimum Gasteiger partial charge on any atom is -0.494 e. The number of amides is 3. The molecular weight excluding hydrogens is 1620 g/mol. The summed E-state index contributed by atoms with van der Waals surface area (Å²) in [5.74, 6) is 3.81. The minimum atomic E-state index is -4.98. The zero-order chi connectivity index (χ0) is 85.2. The van der Waals surface area contributed by atoms with Crippen LogP contribution in [0.25, 0.3) is 0 Å². The maximum atomic E-state index is 16.0. The largest absolute Gasteiger partial charge is 0.645 e. The molecule has 6 rings (SSSR count).